The second-order valence-electron chi connectivity index (χ2n) is 18.9. The van der Waals surface area contributed by atoms with Gasteiger partial charge in [0.25, 0.3) is 0 Å². The number of alkyl carbamates (subject to hydrolysis) is 2. The number of carbonyl (C=O) groups is 4. The van der Waals surface area contributed by atoms with Crippen molar-refractivity contribution >= 4 is 40.6 Å². The van der Waals surface area contributed by atoms with Crippen molar-refractivity contribution in [3.05, 3.63) is 60.0 Å². The molecule has 0 bridgehead atoms. The molecule has 64 heavy (non-hydrogen) atoms. The Balaban J connectivity index is 1.04. The van der Waals surface area contributed by atoms with E-state index < -0.39 is 24.3 Å². The van der Waals surface area contributed by atoms with Crippen LogP contribution in [-0.2, 0) is 19.1 Å². The number of fused-ring (bicyclic) bond motifs is 5. The van der Waals surface area contributed by atoms with Crippen LogP contribution in [0.15, 0.2) is 53.7 Å². The van der Waals surface area contributed by atoms with Gasteiger partial charge in [-0.3, -0.25) is 14.6 Å². The first-order valence-corrected chi connectivity index (χ1v) is 23.0. The van der Waals surface area contributed by atoms with Crippen LogP contribution < -0.4 is 15.4 Å². The number of hydrogen-bond donors (Lipinski definition) is 3. The van der Waals surface area contributed by atoms with Crippen LogP contribution in [0, 0.1) is 23.7 Å². The first-order valence-electron chi connectivity index (χ1n) is 23.0. The predicted molar refractivity (Wildman–Crippen MR) is 245 cm³/mol. The number of benzene rings is 2. The van der Waals surface area contributed by atoms with Gasteiger partial charge >= 0.3 is 12.2 Å². The summed E-state index contributed by atoms with van der Waals surface area (Å²) in [5.41, 5.74) is 7.02. The number of H-pyrrole nitrogens is 1. The highest BCUT2D eigenvalue weighted by molar-refractivity contribution is 6.03. The van der Waals surface area contributed by atoms with E-state index in [1.165, 1.54) is 14.2 Å². The SMILES string of the molecule is CCC1CC(c2ccc3c(c2)OC(C)n2c-3cc3cc(-c4cnc(C5CCCN5C(=O)C(NC(=O)OC)C(C)C)[nH]4)ccc32)=NC1C1C(C)CC(C)N1C(=O)C(NC(=O)OC)C(C)C. The Bertz CT molecular complexity index is 2450. The van der Waals surface area contributed by atoms with Gasteiger partial charge in [0, 0.05) is 34.8 Å². The molecule has 0 saturated carbocycles. The number of likely N-dealkylation sites (tertiary alicyclic amines) is 2. The van der Waals surface area contributed by atoms with Crippen LogP contribution in [0.3, 0.4) is 0 Å². The standard InChI is InChI=1S/C49H64N8O7/c1-11-30-21-35(51-43(30)44-27(6)19-28(7)56(44)47(59)42(26(4)5)54-49(61)63-10)32-14-16-34-39-22-33-20-31(15-17-37(33)57(39)29(8)64-40(34)23-32)36-24-50-45(52-36)38-13-12-18-55(38)46(58)41(25(2)3)53-48(60)62-9/h14-17,20,22-30,38,41-44H,11-13,18-19,21H2,1-10H3,(H,50,52)(H,53,60)(H,54,61). The van der Waals surface area contributed by atoms with Crippen LogP contribution in [0.2, 0.25) is 0 Å². The molecule has 2 fully saturated rings. The molecule has 15 heteroatoms. The zero-order chi connectivity index (χ0) is 45.7. The monoisotopic (exact) mass is 876 g/mol. The number of nitrogens with zero attached hydrogens (tertiary/aromatic N) is 5. The van der Waals surface area contributed by atoms with E-state index in [2.05, 4.69) is 90.3 Å². The van der Waals surface area contributed by atoms with Crippen molar-refractivity contribution in [3.63, 3.8) is 0 Å². The second-order valence-corrected chi connectivity index (χ2v) is 18.9. The molecule has 9 atom stereocenters. The molecule has 9 unspecified atom stereocenters. The molecule has 2 saturated heterocycles. The van der Waals surface area contributed by atoms with E-state index in [1.54, 1.807) is 0 Å². The van der Waals surface area contributed by atoms with Gasteiger partial charge in [0.05, 0.1) is 55.4 Å². The van der Waals surface area contributed by atoms with Crippen LogP contribution in [0.5, 0.6) is 5.75 Å². The number of carbonyl (C=O) groups excluding carboxylic acids is 4. The van der Waals surface area contributed by atoms with Crippen LogP contribution in [0.1, 0.15) is 111 Å². The van der Waals surface area contributed by atoms with Crippen molar-refractivity contribution in [2.45, 2.75) is 130 Å². The van der Waals surface area contributed by atoms with Gasteiger partial charge in [-0.1, -0.05) is 60.1 Å². The average Bonchev–Trinajstić information content (AvgIpc) is 4.12. The Morgan fingerprint density at radius 1 is 0.906 bits per heavy atom. The molecule has 342 valence electrons. The minimum absolute atomic E-state index is 0.0189. The largest absolute Gasteiger partial charge is 0.470 e. The summed E-state index contributed by atoms with van der Waals surface area (Å²) in [7, 11) is 2.61. The fraction of sp³-hybridized carbons (Fsp3) is 0.551. The number of ether oxygens (including phenoxy) is 3. The molecular weight excluding hydrogens is 813 g/mol. The fourth-order valence-corrected chi connectivity index (χ4v) is 10.8. The van der Waals surface area contributed by atoms with Crippen molar-refractivity contribution < 1.29 is 33.4 Å². The maximum Gasteiger partial charge on any atom is 0.407 e. The number of amides is 4. The number of aliphatic imine (C=N–C) groups is 1. The molecule has 4 aliphatic heterocycles. The van der Waals surface area contributed by atoms with Gasteiger partial charge in [-0.25, -0.2) is 14.6 Å². The number of aromatic nitrogens is 3. The van der Waals surface area contributed by atoms with E-state index in [-0.39, 0.29) is 65.9 Å². The molecule has 0 aliphatic carbocycles. The lowest BCUT2D eigenvalue weighted by atomic mass is 9.84. The van der Waals surface area contributed by atoms with E-state index in [0.29, 0.717) is 6.54 Å². The lowest BCUT2D eigenvalue weighted by molar-refractivity contribution is -0.138. The molecule has 4 aromatic rings. The van der Waals surface area contributed by atoms with Crippen molar-refractivity contribution in [2.75, 3.05) is 20.8 Å². The second kappa shape index (κ2) is 18.0. The molecule has 4 aliphatic rings. The maximum absolute atomic E-state index is 14.3. The van der Waals surface area contributed by atoms with Crippen LogP contribution in [0.4, 0.5) is 9.59 Å². The summed E-state index contributed by atoms with van der Waals surface area (Å²) < 4.78 is 18.6. The molecule has 3 N–H and O–H groups in total. The highest BCUT2D eigenvalue weighted by Crippen LogP contribution is 2.45. The number of imidazole rings is 1. The third-order valence-corrected chi connectivity index (χ3v) is 14.1. The Hall–Kier alpha value is -5.86. The zero-order valence-electron chi connectivity index (χ0n) is 38.8. The van der Waals surface area contributed by atoms with Crippen LogP contribution in [0.25, 0.3) is 33.4 Å². The van der Waals surface area contributed by atoms with Gasteiger partial charge in [0.2, 0.25) is 11.8 Å². The Morgan fingerprint density at radius 2 is 1.59 bits per heavy atom. The normalized spacial score (nSPS) is 24.9. The van der Waals surface area contributed by atoms with Crippen LogP contribution in [-0.4, -0.2) is 105 Å². The van der Waals surface area contributed by atoms with E-state index >= 15 is 0 Å². The summed E-state index contributed by atoms with van der Waals surface area (Å²) in [5.74, 6) is 1.59. The number of aromatic amines is 1. The van der Waals surface area contributed by atoms with Gasteiger partial charge in [-0.15, -0.1) is 0 Å². The third-order valence-electron chi connectivity index (χ3n) is 14.1. The van der Waals surface area contributed by atoms with Crippen molar-refractivity contribution in [1.29, 1.82) is 0 Å². The van der Waals surface area contributed by atoms with Gasteiger partial charge in [-0.05, 0) is 99.1 Å². The van der Waals surface area contributed by atoms with Crippen molar-refractivity contribution in [1.82, 2.24) is 35.0 Å². The molecule has 8 rings (SSSR count). The van der Waals surface area contributed by atoms with E-state index in [4.69, 9.17) is 24.2 Å². The minimum Gasteiger partial charge on any atom is -0.470 e. The molecule has 2 aromatic heterocycles. The van der Waals surface area contributed by atoms with Gasteiger partial charge < -0.3 is 44.2 Å². The Labute approximate surface area is 375 Å². The molecular formula is C49H64N8O7. The molecule has 0 radical (unpaired) electrons. The highest BCUT2D eigenvalue weighted by Gasteiger charge is 2.49. The quantitative estimate of drug-likeness (QED) is 0.135. The third kappa shape index (κ3) is 8.10. The number of rotatable bonds is 11. The zero-order valence-corrected chi connectivity index (χ0v) is 38.8. The molecule has 15 nitrogen and oxygen atoms in total. The van der Waals surface area contributed by atoms with Crippen LogP contribution >= 0.6 is 0 Å². The van der Waals surface area contributed by atoms with Gasteiger partial charge in [-0.2, -0.15) is 0 Å². The maximum atomic E-state index is 14.3. The summed E-state index contributed by atoms with van der Waals surface area (Å²) in [6, 6.07) is 13.2. The van der Waals surface area contributed by atoms with E-state index in [0.717, 1.165) is 88.4 Å². The summed E-state index contributed by atoms with van der Waals surface area (Å²) in [6.07, 6.45) is 4.56. The summed E-state index contributed by atoms with van der Waals surface area (Å²) in [6.45, 7) is 16.9. The minimum atomic E-state index is -0.700. The van der Waals surface area contributed by atoms with Crippen molar-refractivity contribution in [2.24, 2.45) is 28.7 Å². The average molecular weight is 877 g/mol. The lowest BCUT2D eigenvalue weighted by Gasteiger charge is -2.38. The highest BCUT2D eigenvalue weighted by atomic mass is 16.5. The molecule has 2 aromatic carbocycles. The van der Waals surface area contributed by atoms with Gasteiger partial charge in [0.1, 0.15) is 23.7 Å². The summed E-state index contributed by atoms with van der Waals surface area (Å²) in [4.78, 5) is 69.9. The topological polar surface area (TPSA) is 172 Å². The molecule has 4 amide bonds. The number of nitrogens with one attached hydrogen (secondary N) is 3. The van der Waals surface area contributed by atoms with E-state index in [1.807, 2.05) is 43.7 Å². The van der Waals surface area contributed by atoms with Gasteiger partial charge in [0.15, 0.2) is 6.23 Å². The predicted octanol–water partition coefficient (Wildman–Crippen LogP) is 8.25. The summed E-state index contributed by atoms with van der Waals surface area (Å²) in [5, 5.41) is 6.59. The Kier molecular flexibility index (Phi) is 12.6. The van der Waals surface area contributed by atoms with Crippen molar-refractivity contribution in [3.8, 4) is 28.3 Å². The molecule has 6 heterocycles. The smallest absolute Gasteiger partial charge is 0.407 e. The van der Waals surface area contributed by atoms with E-state index in [9.17, 15) is 19.2 Å². The number of methoxy groups -OCH3 is 2. The lowest BCUT2D eigenvalue weighted by Crippen LogP contribution is -2.57. The first-order chi connectivity index (χ1) is 30.6. The summed E-state index contributed by atoms with van der Waals surface area (Å²) >= 11 is 0. The Morgan fingerprint density at radius 3 is 2.27 bits per heavy atom. The fourth-order valence-electron chi connectivity index (χ4n) is 10.8. The first kappa shape index (κ1) is 44.7. The number of hydrogen-bond acceptors (Lipinski definition) is 9. The molecule has 0 spiro atoms.